The van der Waals surface area contributed by atoms with Gasteiger partial charge in [-0.3, -0.25) is 9.59 Å². The Hall–Kier alpha value is -2.62. The molecule has 114 valence electrons. The Morgan fingerprint density at radius 1 is 1.05 bits per heavy atom. The van der Waals surface area contributed by atoms with Gasteiger partial charge in [0.05, 0.1) is 6.04 Å². The molecule has 1 atom stereocenters. The molecule has 0 aromatic heterocycles. The normalized spacial score (nSPS) is 11.6. The lowest BCUT2D eigenvalue weighted by Gasteiger charge is -2.15. The summed E-state index contributed by atoms with van der Waals surface area (Å²) >= 11 is 0. The van der Waals surface area contributed by atoms with E-state index in [1.807, 2.05) is 50.2 Å². The molecule has 0 aliphatic heterocycles. The van der Waals surface area contributed by atoms with Gasteiger partial charge in [0.2, 0.25) is 5.91 Å². The first kappa shape index (κ1) is 15.8. The number of hydrogen-bond donors (Lipinski definition) is 2. The minimum atomic E-state index is -0.164. The lowest BCUT2D eigenvalue weighted by atomic mass is 10.1. The molecule has 0 saturated heterocycles. The monoisotopic (exact) mass is 296 g/mol. The molecule has 0 bridgehead atoms. The Morgan fingerprint density at radius 2 is 1.73 bits per heavy atom. The molecule has 0 radical (unpaired) electrons. The van der Waals surface area contributed by atoms with Crippen LogP contribution in [-0.2, 0) is 4.79 Å². The molecule has 2 aromatic carbocycles. The third-order valence-corrected chi connectivity index (χ3v) is 3.46. The second-order valence-corrected chi connectivity index (χ2v) is 5.32. The molecule has 2 aromatic rings. The SMILES string of the molecule is CC(=O)Nc1cc(C(=O)N[C@H](C)c2ccccc2)ccc1C. The first-order valence-corrected chi connectivity index (χ1v) is 7.21. The quantitative estimate of drug-likeness (QED) is 0.908. The van der Waals surface area contributed by atoms with E-state index in [9.17, 15) is 9.59 Å². The first-order chi connectivity index (χ1) is 10.5. The van der Waals surface area contributed by atoms with Crippen molar-refractivity contribution in [1.29, 1.82) is 0 Å². The highest BCUT2D eigenvalue weighted by Gasteiger charge is 2.12. The van der Waals surface area contributed by atoms with Gasteiger partial charge in [0, 0.05) is 18.2 Å². The van der Waals surface area contributed by atoms with Crippen LogP contribution in [0.25, 0.3) is 0 Å². The minimum Gasteiger partial charge on any atom is -0.346 e. The second-order valence-electron chi connectivity index (χ2n) is 5.32. The molecule has 0 heterocycles. The number of nitrogens with one attached hydrogen (secondary N) is 2. The molecule has 0 fully saturated rings. The maximum absolute atomic E-state index is 12.4. The first-order valence-electron chi connectivity index (χ1n) is 7.21. The fourth-order valence-electron chi connectivity index (χ4n) is 2.19. The van der Waals surface area contributed by atoms with E-state index in [-0.39, 0.29) is 17.9 Å². The zero-order valence-corrected chi connectivity index (χ0v) is 13.0. The maximum atomic E-state index is 12.4. The van der Waals surface area contributed by atoms with E-state index in [0.717, 1.165) is 11.1 Å². The predicted molar refractivity (Wildman–Crippen MR) is 87.8 cm³/mol. The largest absolute Gasteiger partial charge is 0.346 e. The van der Waals surface area contributed by atoms with Crippen LogP contribution in [0.3, 0.4) is 0 Å². The van der Waals surface area contributed by atoms with Crippen molar-refractivity contribution in [1.82, 2.24) is 5.32 Å². The summed E-state index contributed by atoms with van der Waals surface area (Å²) in [5.41, 5.74) is 3.15. The van der Waals surface area contributed by atoms with Gasteiger partial charge in [-0.25, -0.2) is 0 Å². The van der Waals surface area contributed by atoms with Crippen LogP contribution in [0.2, 0.25) is 0 Å². The number of carbonyl (C=O) groups excluding carboxylic acids is 2. The summed E-state index contributed by atoms with van der Waals surface area (Å²) in [5.74, 6) is -0.318. The van der Waals surface area contributed by atoms with E-state index < -0.39 is 0 Å². The van der Waals surface area contributed by atoms with Crippen LogP contribution in [0, 0.1) is 6.92 Å². The highest BCUT2D eigenvalue weighted by Crippen LogP contribution is 2.18. The highest BCUT2D eigenvalue weighted by atomic mass is 16.2. The third-order valence-electron chi connectivity index (χ3n) is 3.46. The Labute approximate surface area is 130 Å². The number of anilines is 1. The molecule has 2 N–H and O–H groups in total. The summed E-state index contributed by atoms with van der Waals surface area (Å²) in [6.07, 6.45) is 0. The Bertz CT molecular complexity index is 681. The van der Waals surface area contributed by atoms with Crippen molar-refractivity contribution in [3.8, 4) is 0 Å². The fourth-order valence-corrected chi connectivity index (χ4v) is 2.19. The molecule has 22 heavy (non-hydrogen) atoms. The molecule has 4 heteroatoms. The third kappa shape index (κ3) is 3.95. The van der Waals surface area contributed by atoms with Gasteiger partial charge in [-0.2, -0.15) is 0 Å². The summed E-state index contributed by atoms with van der Waals surface area (Å²) < 4.78 is 0. The zero-order chi connectivity index (χ0) is 16.1. The van der Waals surface area contributed by atoms with Crippen molar-refractivity contribution in [3.63, 3.8) is 0 Å². The summed E-state index contributed by atoms with van der Waals surface area (Å²) in [7, 11) is 0. The highest BCUT2D eigenvalue weighted by molar-refractivity contribution is 5.97. The van der Waals surface area contributed by atoms with E-state index in [2.05, 4.69) is 10.6 Å². The van der Waals surface area contributed by atoms with Gasteiger partial charge >= 0.3 is 0 Å². The topological polar surface area (TPSA) is 58.2 Å². The molecular formula is C18H20N2O2. The summed E-state index contributed by atoms with van der Waals surface area (Å²) in [5, 5.41) is 5.70. The molecule has 2 amide bonds. The van der Waals surface area contributed by atoms with Gasteiger partial charge < -0.3 is 10.6 Å². The number of benzene rings is 2. The van der Waals surface area contributed by atoms with E-state index in [1.165, 1.54) is 6.92 Å². The van der Waals surface area contributed by atoms with Crippen molar-refractivity contribution in [2.45, 2.75) is 26.8 Å². The van der Waals surface area contributed by atoms with Crippen molar-refractivity contribution in [2.24, 2.45) is 0 Å². The van der Waals surface area contributed by atoms with Gasteiger partial charge in [0.1, 0.15) is 0 Å². The van der Waals surface area contributed by atoms with Crippen LogP contribution in [-0.4, -0.2) is 11.8 Å². The van der Waals surface area contributed by atoms with Crippen molar-refractivity contribution in [2.75, 3.05) is 5.32 Å². The van der Waals surface area contributed by atoms with Crippen molar-refractivity contribution >= 4 is 17.5 Å². The van der Waals surface area contributed by atoms with Crippen molar-refractivity contribution < 1.29 is 9.59 Å². The predicted octanol–water partition coefficient (Wildman–Crippen LogP) is 3.44. The number of carbonyl (C=O) groups is 2. The lowest BCUT2D eigenvalue weighted by molar-refractivity contribution is -0.114. The second kappa shape index (κ2) is 6.89. The molecule has 0 saturated carbocycles. The van der Waals surface area contributed by atoms with Crippen LogP contribution < -0.4 is 10.6 Å². The number of rotatable bonds is 4. The van der Waals surface area contributed by atoms with Gasteiger partial charge in [0.25, 0.3) is 5.91 Å². The molecule has 0 unspecified atom stereocenters. The van der Waals surface area contributed by atoms with Gasteiger partial charge in [-0.05, 0) is 37.1 Å². The molecular weight excluding hydrogens is 276 g/mol. The van der Waals surface area contributed by atoms with E-state index in [4.69, 9.17) is 0 Å². The van der Waals surface area contributed by atoms with E-state index >= 15 is 0 Å². The Morgan fingerprint density at radius 3 is 2.36 bits per heavy atom. The summed E-state index contributed by atoms with van der Waals surface area (Å²) in [6, 6.07) is 15.0. The van der Waals surface area contributed by atoms with Gasteiger partial charge in [-0.15, -0.1) is 0 Å². The lowest BCUT2D eigenvalue weighted by Crippen LogP contribution is -2.26. The maximum Gasteiger partial charge on any atom is 0.251 e. The molecule has 2 rings (SSSR count). The van der Waals surface area contributed by atoms with E-state index in [1.54, 1.807) is 12.1 Å². The van der Waals surface area contributed by atoms with E-state index in [0.29, 0.717) is 11.3 Å². The minimum absolute atomic E-state index is 0.0841. The van der Waals surface area contributed by atoms with Crippen LogP contribution in [0.15, 0.2) is 48.5 Å². The molecule has 0 aliphatic carbocycles. The number of hydrogen-bond acceptors (Lipinski definition) is 2. The number of aryl methyl sites for hydroxylation is 1. The van der Waals surface area contributed by atoms with Crippen molar-refractivity contribution in [3.05, 3.63) is 65.2 Å². The fraction of sp³-hybridized carbons (Fsp3) is 0.222. The zero-order valence-electron chi connectivity index (χ0n) is 13.0. The van der Waals surface area contributed by atoms with Crippen LogP contribution in [0.1, 0.15) is 41.4 Å². The molecule has 0 spiro atoms. The standard InChI is InChI=1S/C18H20N2O2/c1-12-9-10-16(11-17(12)20-14(3)21)18(22)19-13(2)15-7-5-4-6-8-15/h4-11,13H,1-3H3,(H,19,22)(H,20,21)/t13-/m1/s1. The molecule has 0 aliphatic rings. The van der Waals surface area contributed by atoms with Crippen LogP contribution in [0.5, 0.6) is 0 Å². The van der Waals surface area contributed by atoms with Gasteiger partial charge in [0.15, 0.2) is 0 Å². The van der Waals surface area contributed by atoms with Gasteiger partial charge in [-0.1, -0.05) is 36.4 Å². The summed E-state index contributed by atoms with van der Waals surface area (Å²) in [6.45, 7) is 5.28. The average molecular weight is 296 g/mol. The van der Waals surface area contributed by atoms with Crippen LogP contribution in [0.4, 0.5) is 5.69 Å². The smallest absolute Gasteiger partial charge is 0.251 e. The van der Waals surface area contributed by atoms with Crippen LogP contribution >= 0.6 is 0 Å². The number of amides is 2. The summed E-state index contributed by atoms with van der Waals surface area (Å²) in [4.78, 5) is 23.6. The Balaban J connectivity index is 2.14. The molecule has 4 nitrogen and oxygen atoms in total. The Kier molecular flexibility index (Phi) is 4.94. The average Bonchev–Trinajstić information content (AvgIpc) is 2.49.